The lowest BCUT2D eigenvalue weighted by molar-refractivity contribution is -0.586. The van der Waals surface area contributed by atoms with Gasteiger partial charge in [-0.1, -0.05) is 42.5 Å². The van der Waals surface area contributed by atoms with Crippen molar-refractivity contribution in [1.82, 2.24) is 4.98 Å². The van der Waals surface area contributed by atoms with E-state index < -0.39 is 0 Å². The summed E-state index contributed by atoms with van der Waals surface area (Å²) in [5.41, 5.74) is 8.12. The van der Waals surface area contributed by atoms with E-state index in [0.717, 1.165) is 72.3 Å². The largest absolute Gasteiger partial charge is 0.253 e. The van der Waals surface area contributed by atoms with Crippen LogP contribution in [0.5, 0.6) is 0 Å². The van der Waals surface area contributed by atoms with Crippen molar-refractivity contribution < 1.29 is 17.9 Å². The van der Waals surface area contributed by atoms with Gasteiger partial charge in [-0.25, -0.2) is 8.78 Å². The molecule has 0 radical (unpaired) electrons. The average molecular weight is 540 g/mol. The zero-order chi connectivity index (χ0) is 28.2. The maximum Gasteiger partial charge on any atom is 0.231 e. The maximum absolute atomic E-state index is 14.9. The van der Waals surface area contributed by atoms with Gasteiger partial charge in [-0.2, -0.15) is 9.13 Å². The van der Waals surface area contributed by atoms with E-state index in [1.807, 2.05) is 57.2 Å². The molecule has 3 aromatic heterocycles. The van der Waals surface area contributed by atoms with Crippen molar-refractivity contribution >= 4 is 32.6 Å². The molecule has 198 valence electrons. The number of rotatable bonds is 3. The Morgan fingerprint density at radius 1 is 0.561 bits per heavy atom. The summed E-state index contributed by atoms with van der Waals surface area (Å²) in [5.74, 6) is -0.596. The molecular formula is C36H27F2N3+2. The van der Waals surface area contributed by atoms with Crippen molar-refractivity contribution in [1.29, 1.82) is 0 Å². The predicted molar refractivity (Wildman–Crippen MR) is 159 cm³/mol. The molecular weight excluding hydrogens is 512 g/mol. The summed E-state index contributed by atoms with van der Waals surface area (Å²) >= 11 is 0. The standard InChI is InChI=1S/C36H27F2N3/c1-22-17-29(21-33(39-22)31-10-6-8-25-7-4-5-9-30(25)31)40-24(3)18-35(32-15-13-28(38)20-36(32)40)41-23(2)11-12-26-19-27(37)14-16-34(26)41/h4-21H,1-3H3/q+2. The molecule has 0 amide bonds. The first kappa shape index (κ1) is 25.0. The Balaban J connectivity index is 1.51. The maximum atomic E-state index is 14.9. The molecule has 0 fully saturated rings. The molecule has 0 atom stereocenters. The van der Waals surface area contributed by atoms with Crippen LogP contribution in [0.1, 0.15) is 17.1 Å². The van der Waals surface area contributed by atoms with Crippen LogP contribution < -0.4 is 9.13 Å². The van der Waals surface area contributed by atoms with Gasteiger partial charge in [0, 0.05) is 60.8 Å². The zero-order valence-electron chi connectivity index (χ0n) is 23.0. The smallest absolute Gasteiger partial charge is 0.231 e. The second-order valence-electron chi connectivity index (χ2n) is 10.6. The average Bonchev–Trinajstić information content (AvgIpc) is 2.96. The predicted octanol–water partition coefficient (Wildman–Crippen LogP) is 7.97. The summed E-state index contributed by atoms with van der Waals surface area (Å²) < 4.78 is 33.2. The van der Waals surface area contributed by atoms with E-state index in [2.05, 4.69) is 51.6 Å². The van der Waals surface area contributed by atoms with E-state index >= 15 is 0 Å². The number of aromatic nitrogens is 3. The van der Waals surface area contributed by atoms with Gasteiger partial charge in [0.2, 0.25) is 22.4 Å². The van der Waals surface area contributed by atoms with Crippen LogP contribution in [0.15, 0.2) is 109 Å². The van der Waals surface area contributed by atoms with Crippen molar-refractivity contribution in [2.45, 2.75) is 20.8 Å². The molecule has 0 aliphatic carbocycles. The Labute approximate surface area is 236 Å². The van der Waals surface area contributed by atoms with Gasteiger partial charge in [0.25, 0.3) is 0 Å². The third-order valence-corrected chi connectivity index (χ3v) is 7.77. The topological polar surface area (TPSA) is 20.6 Å². The second-order valence-corrected chi connectivity index (χ2v) is 10.6. The number of aryl methyl sites for hydroxylation is 3. The number of fused-ring (bicyclic) bond motifs is 3. The molecule has 3 nitrogen and oxygen atoms in total. The van der Waals surface area contributed by atoms with E-state index in [4.69, 9.17) is 4.98 Å². The van der Waals surface area contributed by atoms with Crippen molar-refractivity contribution in [2.75, 3.05) is 0 Å². The third-order valence-electron chi connectivity index (χ3n) is 7.77. The van der Waals surface area contributed by atoms with E-state index in [1.54, 1.807) is 12.1 Å². The molecule has 41 heavy (non-hydrogen) atoms. The number of halogens is 2. The highest BCUT2D eigenvalue weighted by Gasteiger charge is 2.28. The number of benzene rings is 4. The molecule has 0 saturated heterocycles. The van der Waals surface area contributed by atoms with Gasteiger partial charge in [0.1, 0.15) is 17.0 Å². The van der Waals surface area contributed by atoms with Gasteiger partial charge >= 0.3 is 0 Å². The van der Waals surface area contributed by atoms with Crippen LogP contribution in [-0.4, -0.2) is 4.98 Å². The molecule has 7 rings (SSSR count). The normalized spacial score (nSPS) is 11.5. The second kappa shape index (κ2) is 9.56. The highest BCUT2D eigenvalue weighted by Crippen LogP contribution is 2.29. The lowest BCUT2D eigenvalue weighted by Crippen LogP contribution is -2.41. The Morgan fingerprint density at radius 3 is 2.22 bits per heavy atom. The van der Waals surface area contributed by atoms with E-state index in [0.29, 0.717) is 0 Å². The van der Waals surface area contributed by atoms with E-state index in [1.165, 1.54) is 18.2 Å². The highest BCUT2D eigenvalue weighted by atomic mass is 19.1. The molecule has 0 aliphatic rings. The Hall–Kier alpha value is -5.03. The fraction of sp³-hybridized carbons (Fsp3) is 0.0833. The summed E-state index contributed by atoms with van der Waals surface area (Å²) in [6.07, 6.45) is 0. The fourth-order valence-corrected chi connectivity index (χ4v) is 5.99. The van der Waals surface area contributed by atoms with Gasteiger partial charge in [-0.3, -0.25) is 4.98 Å². The van der Waals surface area contributed by atoms with Crippen LogP contribution in [0.25, 0.3) is 55.2 Å². The summed E-state index contributed by atoms with van der Waals surface area (Å²) in [6, 6.07) is 34.4. The monoisotopic (exact) mass is 539 g/mol. The number of nitrogens with zero attached hydrogens (tertiary/aromatic N) is 3. The summed E-state index contributed by atoms with van der Waals surface area (Å²) in [4.78, 5) is 4.90. The van der Waals surface area contributed by atoms with Crippen molar-refractivity contribution in [3.8, 4) is 22.6 Å². The van der Waals surface area contributed by atoms with Crippen molar-refractivity contribution in [3.63, 3.8) is 0 Å². The van der Waals surface area contributed by atoms with Gasteiger partial charge in [-0.05, 0) is 48.0 Å². The number of hydrogen-bond donors (Lipinski definition) is 0. The van der Waals surface area contributed by atoms with Crippen molar-refractivity contribution in [2.24, 2.45) is 0 Å². The number of hydrogen-bond acceptors (Lipinski definition) is 1. The molecule has 0 spiro atoms. The molecule has 0 saturated carbocycles. The first-order valence-electron chi connectivity index (χ1n) is 13.6. The van der Waals surface area contributed by atoms with Gasteiger partial charge in [-0.15, -0.1) is 0 Å². The first-order chi connectivity index (χ1) is 19.9. The molecule has 5 heteroatoms. The molecule has 0 N–H and O–H groups in total. The van der Waals surface area contributed by atoms with Crippen LogP contribution in [0, 0.1) is 32.4 Å². The van der Waals surface area contributed by atoms with Crippen molar-refractivity contribution in [3.05, 3.63) is 138 Å². The minimum absolute atomic E-state index is 0.281. The lowest BCUT2D eigenvalue weighted by Gasteiger charge is -2.11. The quantitative estimate of drug-likeness (QED) is 0.209. The van der Waals surface area contributed by atoms with Crippen LogP contribution in [0.3, 0.4) is 0 Å². The Morgan fingerprint density at radius 2 is 1.34 bits per heavy atom. The molecule has 4 aromatic carbocycles. The van der Waals surface area contributed by atoms with Gasteiger partial charge in [0.15, 0.2) is 11.4 Å². The van der Waals surface area contributed by atoms with Crippen LogP contribution >= 0.6 is 0 Å². The number of pyridine rings is 3. The summed E-state index contributed by atoms with van der Waals surface area (Å²) in [5, 5.41) is 3.96. The summed E-state index contributed by atoms with van der Waals surface area (Å²) in [6.45, 7) is 6.04. The van der Waals surface area contributed by atoms with E-state index in [9.17, 15) is 8.78 Å². The Bertz CT molecular complexity index is 2160. The zero-order valence-corrected chi connectivity index (χ0v) is 23.0. The molecule has 0 bridgehead atoms. The van der Waals surface area contributed by atoms with Crippen LogP contribution in [0.4, 0.5) is 8.78 Å². The SMILES string of the molecule is Cc1cc(-[n+]2c(C)cc(-[n+]3c(C)ccc4cc(F)ccc43)c3ccc(F)cc32)cc(-c2cccc3ccccc23)n1. The minimum atomic E-state index is -0.315. The molecule has 3 heterocycles. The molecule has 0 unspecified atom stereocenters. The third kappa shape index (κ3) is 4.21. The van der Waals surface area contributed by atoms with Crippen LogP contribution in [0.2, 0.25) is 0 Å². The lowest BCUT2D eigenvalue weighted by atomic mass is 10.0. The Kier molecular flexibility index (Phi) is 5.82. The first-order valence-corrected chi connectivity index (χ1v) is 13.6. The molecule has 7 aromatic rings. The molecule has 0 aliphatic heterocycles. The van der Waals surface area contributed by atoms with Gasteiger partial charge in [0.05, 0.1) is 11.8 Å². The van der Waals surface area contributed by atoms with Gasteiger partial charge < -0.3 is 0 Å². The minimum Gasteiger partial charge on any atom is -0.253 e. The van der Waals surface area contributed by atoms with E-state index in [-0.39, 0.29) is 11.6 Å². The summed E-state index contributed by atoms with van der Waals surface area (Å²) in [7, 11) is 0. The highest BCUT2D eigenvalue weighted by molar-refractivity contribution is 5.96. The van der Waals surface area contributed by atoms with Crippen LogP contribution in [-0.2, 0) is 0 Å². The fourth-order valence-electron chi connectivity index (χ4n) is 5.99.